The summed E-state index contributed by atoms with van der Waals surface area (Å²) in [6.45, 7) is 2.86. The summed E-state index contributed by atoms with van der Waals surface area (Å²) in [5, 5.41) is 0. The molecule has 1 fully saturated rings. The van der Waals surface area contributed by atoms with Gasteiger partial charge in [0.15, 0.2) is 0 Å². The molecule has 2 N–H and O–H groups in total. The van der Waals surface area contributed by atoms with Crippen LogP contribution < -0.4 is 15.2 Å². The Bertz CT molecular complexity index is 445. The third kappa shape index (κ3) is 4.77. The Morgan fingerprint density at radius 3 is 2.38 bits per heavy atom. The summed E-state index contributed by atoms with van der Waals surface area (Å²) in [4.78, 5) is 0. The lowest BCUT2D eigenvalue weighted by Crippen LogP contribution is -2.18. The van der Waals surface area contributed by atoms with Crippen molar-refractivity contribution in [3.8, 4) is 11.5 Å². The van der Waals surface area contributed by atoms with E-state index in [9.17, 15) is 0 Å². The fourth-order valence-electron chi connectivity index (χ4n) is 2.74. The van der Waals surface area contributed by atoms with Gasteiger partial charge < -0.3 is 19.9 Å². The Balaban J connectivity index is 0.00000220. The standard InChI is InChI=1S/C16H25NO3.ClH/c1-11(17)7-12-9-16(19-3)13(10-15(12)18-2)8-14-5-4-6-20-14;/h9-11,14H,4-8,17H2,1-3H3;1H/t11-,14?;/m1./s1. The maximum atomic E-state index is 5.89. The Morgan fingerprint density at radius 1 is 1.24 bits per heavy atom. The second-order valence-electron chi connectivity index (χ2n) is 5.50. The number of nitrogens with two attached hydrogens (primary N) is 1. The van der Waals surface area contributed by atoms with Gasteiger partial charge in [-0.15, -0.1) is 12.4 Å². The van der Waals surface area contributed by atoms with Gasteiger partial charge in [0, 0.05) is 24.6 Å². The highest BCUT2D eigenvalue weighted by Crippen LogP contribution is 2.32. The molecule has 0 aliphatic carbocycles. The maximum Gasteiger partial charge on any atom is 0.122 e. The van der Waals surface area contributed by atoms with E-state index >= 15 is 0 Å². The minimum Gasteiger partial charge on any atom is -0.496 e. The average molecular weight is 316 g/mol. The van der Waals surface area contributed by atoms with Gasteiger partial charge in [0.1, 0.15) is 11.5 Å². The molecule has 4 nitrogen and oxygen atoms in total. The molecule has 0 aromatic heterocycles. The van der Waals surface area contributed by atoms with Crippen molar-refractivity contribution in [3.05, 3.63) is 23.3 Å². The third-order valence-corrected chi connectivity index (χ3v) is 3.70. The van der Waals surface area contributed by atoms with Crippen LogP contribution in [0.2, 0.25) is 0 Å². The summed E-state index contributed by atoms with van der Waals surface area (Å²) in [5.74, 6) is 1.79. The number of ether oxygens (including phenoxy) is 3. The second-order valence-corrected chi connectivity index (χ2v) is 5.50. The molecule has 0 radical (unpaired) electrons. The molecule has 1 saturated heterocycles. The number of methoxy groups -OCH3 is 2. The highest BCUT2D eigenvalue weighted by Gasteiger charge is 2.20. The van der Waals surface area contributed by atoms with Crippen LogP contribution in [0.1, 0.15) is 30.9 Å². The summed E-state index contributed by atoms with van der Waals surface area (Å²) < 4.78 is 16.7. The van der Waals surface area contributed by atoms with Crippen molar-refractivity contribution in [2.45, 2.75) is 44.8 Å². The van der Waals surface area contributed by atoms with Crippen molar-refractivity contribution in [3.63, 3.8) is 0 Å². The van der Waals surface area contributed by atoms with Crippen molar-refractivity contribution in [2.75, 3.05) is 20.8 Å². The van der Waals surface area contributed by atoms with Gasteiger partial charge in [-0.25, -0.2) is 0 Å². The fraction of sp³-hybridized carbons (Fsp3) is 0.625. The Kier molecular flexibility index (Phi) is 7.29. The van der Waals surface area contributed by atoms with Crippen molar-refractivity contribution in [1.82, 2.24) is 0 Å². The zero-order valence-corrected chi connectivity index (χ0v) is 13.9. The summed E-state index contributed by atoms with van der Waals surface area (Å²) >= 11 is 0. The predicted molar refractivity (Wildman–Crippen MR) is 86.8 cm³/mol. The summed E-state index contributed by atoms with van der Waals surface area (Å²) in [6, 6.07) is 4.21. The Morgan fingerprint density at radius 2 is 1.86 bits per heavy atom. The lowest BCUT2D eigenvalue weighted by Gasteiger charge is -2.18. The molecule has 1 heterocycles. The van der Waals surface area contributed by atoms with Crippen LogP contribution in [-0.4, -0.2) is 33.0 Å². The molecule has 1 unspecified atom stereocenters. The van der Waals surface area contributed by atoms with Crippen molar-refractivity contribution in [2.24, 2.45) is 5.73 Å². The van der Waals surface area contributed by atoms with Crippen LogP contribution >= 0.6 is 12.4 Å². The molecule has 0 spiro atoms. The minimum atomic E-state index is 0. The van der Waals surface area contributed by atoms with Crippen LogP contribution in [0.5, 0.6) is 11.5 Å². The monoisotopic (exact) mass is 315 g/mol. The molecular weight excluding hydrogens is 290 g/mol. The maximum absolute atomic E-state index is 5.89. The molecule has 0 saturated carbocycles. The van der Waals surface area contributed by atoms with Crippen molar-refractivity contribution >= 4 is 12.4 Å². The number of hydrogen-bond acceptors (Lipinski definition) is 4. The van der Waals surface area contributed by atoms with Crippen molar-refractivity contribution < 1.29 is 14.2 Å². The smallest absolute Gasteiger partial charge is 0.122 e. The first-order chi connectivity index (χ1) is 9.63. The largest absolute Gasteiger partial charge is 0.496 e. The van der Waals surface area contributed by atoms with E-state index in [2.05, 4.69) is 6.07 Å². The lowest BCUT2D eigenvalue weighted by atomic mass is 9.99. The van der Waals surface area contributed by atoms with E-state index in [1.54, 1.807) is 14.2 Å². The zero-order chi connectivity index (χ0) is 14.5. The summed E-state index contributed by atoms with van der Waals surface area (Å²) in [7, 11) is 3.40. The van der Waals surface area contributed by atoms with Gasteiger partial charge in [-0.3, -0.25) is 0 Å². The zero-order valence-electron chi connectivity index (χ0n) is 13.1. The molecule has 1 aromatic rings. The number of hydrogen-bond donors (Lipinski definition) is 1. The fourth-order valence-corrected chi connectivity index (χ4v) is 2.74. The average Bonchev–Trinajstić information content (AvgIpc) is 2.92. The molecule has 2 rings (SSSR count). The first-order valence-corrected chi connectivity index (χ1v) is 7.25. The van der Waals surface area contributed by atoms with Crippen LogP contribution in [0.15, 0.2) is 12.1 Å². The quantitative estimate of drug-likeness (QED) is 0.877. The van der Waals surface area contributed by atoms with E-state index < -0.39 is 0 Å². The van der Waals surface area contributed by atoms with E-state index in [4.69, 9.17) is 19.9 Å². The predicted octanol–water partition coefficient (Wildman–Crippen LogP) is 2.74. The molecule has 21 heavy (non-hydrogen) atoms. The lowest BCUT2D eigenvalue weighted by molar-refractivity contribution is 0.111. The van der Waals surface area contributed by atoms with E-state index in [-0.39, 0.29) is 18.4 Å². The van der Waals surface area contributed by atoms with Crippen molar-refractivity contribution in [1.29, 1.82) is 0 Å². The SMILES string of the molecule is COc1cc(C[C@@H](C)N)c(OC)cc1CC1CCCO1.Cl. The van der Waals surface area contributed by atoms with E-state index in [1.165, 1.54) is 0 Å². The minimum absolute atomic E-state index is 0. The molecule has 1 aliphatic rings. The van der Waals surface area contributed by atoms with E-state index in [0.717, 1.165) is 54.9 Å². The third-order valence-electron chi connectivity index (χ3n) is 3.70. The molecular formula is C16H26ClNO3. The molecule has 1 aromatic carbocycles. The van der Waals surface area contributed by atoms with E-state index in [0.29, 0.717) is 6.10 Å². The highest BCUT2D eigenvalue weighted by atomic mass is 35.5. The van der Waals surface area contributed by atoms with Gasteiger partial charge in [0.2, 0.25) is 0 Å². The molecule has 2 atom stereocenters. The molecule has 0 amide bonds. The molecule has 5 heteroatoms. The molecule has 1 aliphatic heterocycles. The van der Waals surface area contributed by atoms with Crippen LogP contribution in [-0.2, 0) is 17.6 Å². The number of rotatable bonds is 6. The van der Waals surface area contributed by atoms with E-state index in [1.807, 2.05) is 13.0 Å². The summed E-state index contributed by atoms with van der Waals surface area (Å²) in [6.07, 6.45) is 4.21. The number of benzene rings is 1. The topological polar surface area (TPSA) is 53.7 Å². The van der Waals surface area contributed by atoms with Gasteiger partial charge in [-0.1, -0.05) is 0 Å². The summed E-state index contributed by atoms with van der Waals surface area (Å²) in [5.41, 5.74) is 8.13. The van der Waals surface area contributed by atoms with Gasteiger partial charge in [-0.05, 0) is 43.9 Å². The first kappa shape index (κ1) is 18.1. The molecule has 0 bridgehead atoms. The molecule has 120 valence electrons. The normalized spacial score (nSPS) is 19.0. The van der Waals surface area contributed by atoms with Gasteiger partial charge in [0.25, 0.3) is 0 Å². The second kappa shape index (κ2) is 8.47. The first-order valence-electron chi connectivity index (χ1n) is 7.25. The van der Waals surface area contributed by atoms with Crippen LogP contribution in [0.25, 0.3) is 0 Å². The Hall–Kier alpha value is -0.970. The number of halogens is 1. The van der Waals surface area contributed by atoms with Gasteiger partial charge >= 0.3 is 0 Å². The highest BCUT2D eigenvalue weighted by molar-refractivity contribution is 5.85. The van der Waals surface area contributed by atoms with Gasteiger partial charge in [-0.2, -0.15) is 0 Å². The van der Waals surface area contributed by atoms with Crippen LogP contribution in [0.3, 0.4) is 0 Å². The van der Waals surface area contributed by atoms with Crippen LogP contribution in [0, 0.1) is 0 Å². The van der Waals surface area contributed by atoms with Gasteiger partial charge in [0.05, 0.1) is 20.3 Å². The van der Waals surface area contributed by atoms with Crippen LogP contribution in [0.4, 0.5) is 0 Å². The Labute approximate surface area is 133 Å².